The van der Waals surface area contributed by atoms with E-state index in [9.17, 15) is 19.8 Å². The molecule has 3 aromatic rings. The van der Waals surface area contributed by atoms with Gasteiger partial charge < -0.3 is 25.1 Å². The average molecular weight is 434 g/mol. The number of carbonyl (C=O) groups is 1. The third kappa shape index (κ3) is 4.37. The van der Waals surface area contributed by atoms with Crippen molar-refractivity contribution in [2.75, 3.05) is 6.54 Å². The predicted molar refractivity (Wildman–Crippen MR) is 121 cm³/mol. The first-order valence-corrected chi connectivity index (χ1v) is 9.89. The van der Waals surface area contributed by atoms with Gasteiger partial charge in [-0.3, -0.25) is 4.79 Å². The van der Waals surface area contributed by atoms with E-state index in [4.69, 9.17) is 0 Å². The molecule has 2 heterocycles. The molecule has 0 unspecified atom stereocenters. The van der Waals surface area contributed by atoms with Gasteiger partial charge in [0.25, 0.3) is 5.56 Å². The van der Waals surface area contributed by atoms with E-state index in [-0.39, 0.29) is 12.4 Å². The number of aromatic nitrogens is 2. The molecule has 0 spiro atoms. The number of carboxylic acids is 1. The first kappa shape index (κ1) is 23.5. The molecule has 7 nitrogen and oxygen atoms in total. The van der Waals surface area contributed by atoms with E-state index in [1.165, 1.54) is 0 Å². The van der Waals surface area contributed by atoms with Crippen LogP contribution in [0.2, 0.25) is 0 Å². The van der Waals surface area contributed by atoms with Crippen LogP contribution in [0.3, 0.4) is 0 Å². The fourth-order valence-electron chi connectivity index (χ4n) is 3.67. The zero-order chi connectivity index (χ0) is 21.1. The van der Waals surface area contributed by atoms with Crippen molar-refractivity contribution in [1.29, 1.82) is 0 Å². The second-order valence-electron chi connectivity index (χ2n) is 7.19. The quantitative estimate of drug-likeness (QED) is 0.404. The summed E-state index contributed by atoms with van der Waals surface area (Å²) in [7, 11) is 2.02. The lowest BCUT2D eigenvalue weighted by Gasteiger charge is -2.12. The van der Waals surface area contributed by atoms with Crippen LogP contribution in [0.1, 0.15) is 48.3 Å². The van der Waals surface area contributed by atoms with Crippen LogP contribution in [0, 0.1) is 0 Å². The lowest BCUT2D eigenvalue weighted by atomic mass is 9.99. The molecule has 1 aromatic carbocycles. The number of H-pyrrole nitrogens is 1. The van der Waals surface area contributed by atoms with E-state index in [1.54, 1.807) is 0 Å². The molecule has 0 aliphatic rings. The Labute approximate surface area is 181 Å². The number of benzene rings is 1. The van der Waals surface area contributed by atoms with Crippen LogP contribution in [0.5, 0.6) is 5.75 Å². The van der Waals surface area contributed by atoms with Crippen LogP contribution in [0.25, 0.3) is 22.2 Å². The molecule has 0 bridgehead atoms. The number of rotatable bonds is 8. The molecule has 8 heteroatoms. The number of hydrogen-bond donors (Lipinski definition) is 4. The summed E-state index contributed by atoms with van der Waals surface area (Å²) in [6.45, 7) is 5.71. The average Bonchev–Trinajstić information content (AvgIpc) is 2.99. The molecule has 0 amide bonds. The fraction of sp³-hybridized carbons (Fsp3) is 0.364. The van der Waals surface area contributed by atoms with Crippen LogP contribution in [-0.2, 0) is 20.0 Å². The Bertz CT molecular complexity index is 1120. The van der Waals surface area contributed by atoms with Gasteiger partial charge in [-0.15, -0.1) is 12.4 Å². The maximum absolute atomic E-state index is 12.2. The molecular formula is C22H28ClN3O4. The molecule has 0 saturated heterocycles. The highest BCUT2D eigenvalue weighted by Crippen LogP contribution is 2.32. The van der Waals surface area contributed by atoms with Gasteiger partial charge in [-0.25, -0.2) is 4.79 Å². The number of aromatic carboxylic acids is 1. The number of fused-ring (bicyclic) bond motifs is 1. The Morgan fingerprint density at radius 2 is 1.97 bits per heavy atom. The number of nitrogens with one attached hydrogen (secondary N) is 2. The molecule has 0 aliphatic carbocycles. The molecule has 4 N–H and O–H groups in total. The molecule has 0 radical (unpaired) electrons. The Morgan fingerprint density at radius 3 is 2.60 bits per heavy atom. The summed E-state index contributed by atoms with van der Waals surface area (Å²) in [6, 6.07) is 7.91. The van der Waals surface area contributed by atoms with Crippen LogP contribution >= 0.6 is 12.4 Å². The van der Waals surface area contributed by atoms with Gasteiger partial charge in [0.1, 0.15) is 5.75 Å². The molecular weight excluding hydrogens is 406 g/mol. The maximum Gasteiger partial charge on any atom is 0.345 e. The van der Waals surface area contributed by atoms with E-state index >= 15 is 0 Å². The lowest BCUT2D eigenvalue weighted by molar-refractivity contribution is 0.0691. The van der Waals surface area contributed by atoms with Crippen molar-refractivity contribution in [3.63, 3.8) is 0 Å². The Balaban J connectivity index is 0.00000320. The minimum Gasteiger partial charge on any atom is -0.506 e. The van der Waals surface area contributed by atoms with E-state index in [0.717, 1.165) is 48.1 Å². The van der Waals surface area contributed by atoms with E-state index in [0.29, 0.717) is 17.7 Å². The third-order valence-electron chi connectivity index (χ3n) is 5.30. The maximum atomic E-state index is 12.2. The Hall–Kier alpha value is -2.77. The highest BCUT2D eigenvalue weighted by Gasteiger charge is 2.22. The number of aryl methyl sites for hydroxylation is 1. The summed E-state index contributed by atoms with van der Waals surface area (Å²) in [6.07, 6.45) is 2.67. The molecule has 30 heavy (non-hydrogen) atoms. The summed E-state index contributed by atoms with van der Waals surface area (Å²) in [5.74, 6) is -1.91. The first-order valence-electron chi connectivity index (χ1n) is 9.89. The van der Waals surface area contributed by atoms with Gasteiger partial charge >= 0.3 is 5.97 Å². The number of pyridine rings is 1. The smallest absolute Gasteiger partial charge is 0.345 e. The molecule has 3 rings (SSSR count). The van der Waals surface area contributed by atoms with Crippen molar-refractivity contribution in [2.45, 2.75) is 39.7 Å². The van der Waals surface area contributed by atoms with Crippen LogP contribution in [0.15, 0.2) is 29.1 Å². The number of nitrogens with zero attached hydrogens (tertiary/aromatic N) is 1. The van der Waals surface area contributed by atoms with Crippen molar-refractivity contribution in [2.24, 2.45) is 7.05 Å². The summed E-state index contributed by atoms with van der Waals surface area (Å²) >= 11 is 0. The Kier molecular flexibility index (Phi) is 7.70. The molecule has 2 aromatic heterocycles. The van der Waals surface area contributed by atoms with Crippen molar-refractivity contribution < 1.29 is 15.0 Å². The highest BCUT2D eigenvalue weighted by atomic mass is 35.5. The van der Waals surface area contributed by atoms with Gasteiger partial charge in [0.05, 0.1) is 5.69 Å². The van der Waals surface area contributed by atoms with E-state index < -0.39 is 22.8 Å². The summed E-state index contributed by atoms with van der Waals surface area (Å²) in [4.78, 5) is 26.2. The summed E-state index contributed by atoms with van der Waals surface area (Å²) in [5, 5.41) is 24.0. The summed E-state index contributed by atoms with van der Waals surface area (Å²) < 4.78 is 2.13. The molecule has 0 atom stereocenters. The van der Waals surface area contributed by atoms with Gasteiger partial charge in [0.15, 0.2) is 5.56 Å². The SMILES string of the molecule is CCCCNCc1cc2cc(-c3[nH]c(=O)c(C(=O)O)c(O)c3CC)ccc2n1C.Cl. The topological polar surface area (TPSA) is 107 Å². The van der Waals surface area contributed by atoms with Gasteiger partial charge in [0.2, 0.25) is 0 Å². The number of halogens is 1. The van der Waals surface area contributed by atoms with Crippen LogP contribution in [-0.4, -0.2) is 32.3 Å². The monoisotopic (exact) mass is 433 g/mol. The number of aromatic hydroxyl groups is 1. The highest BCUT2D eigenvalue weighted by molar-refractivity contribution is 5.92. The second kappa shape index (κ2) is 9.82. The molecule has 0 fully saturated rings. The summed E-state index contributed by atoms with van der Waals surface area (Å²) in [5.41, 5.74) is 2.39. The normalized spacial score (nSPS) is 10.9. The zero-order valence-corrected chi connectivity index (χ0v) is 18.2. The van der Waals surface area contributed by atoms with E-state index in [1.807, 2.05) is 32.2 Å². The minimum atomic E-state index is -1.44. The fourth-order valence-corrected chi connectivity index (χ4v) is 3.67. The molecule has 0 saturated carbocycles. The number of aromatic amines is 1. The van der Waals surface area contributed by atoms with Crippen molar-refractivity contribution >= 4 is 29.3 Å². The first-order chi connectivity index (χ1) is 13.9. The largest absolute Gasteiger partial charge is 0.506 e. The van der Waals surface area contributed by atoms with Crippen LogP contribution in [0.4, 0.5) is 0 Å². The van der Waals surface area contributed by atoms with Crippen LogP contribution < -0.4 is 10.9 Å². The van der Waals surface area contributed by atoms with Gasteiger partial charge in [-0.2, -0.15) is 0 Å². The van der Waals surface area contributed by atoms with Crippen molar-refractivity contribution in [3.05, 3.63) is 51.4 Å². The van der Waals surface area contributed by atoms with Gasteiger partial charge in [-0.05, 0) is 43.1 Å². The number of unbranched alkanes of at least 4 members (excludes halogenated alkanes) is 1. The standard InChI is InChI=1S/C22H27N3O4.ClH/c1-4-6-9-23-12-15-11-14-10-13(7-8-17(14)25(15)3)19-16(5-2)20(26)18(22(28)29)21(27)24-19;/h7-8,10-11,23H,4-6,9,12H2,1-3H3,(H,28,29)(H2,24,26,27);1H. The van der Waals surface area contributed by atoms with Crippen molar-refractivity contribution in [1.82, 2.24) is 14.9 Å². The number of hydrogen-bond acceptors (Lipinski definition) is 4. The van der Waals surface area contributed by atoms with Crippen molar-refractivity contribution in [3.8, 4) is 17.0 Å². The van der Waals surface area contributed by atoms with Gasteiger partial charge in [-0.1, -0.05) is 26.3 Å². The van der Waals surface area contributed by atoms with Gasteiger partial charge in [0, 0.05) is 35.8 Å². The molecule has 0 aliphatic heterocycles. The molecule has 162 valence electrons. The predicted octanol–water partition coefficient (Wildman–Crippen LogP) is 3.81. The third-order valence-corrected chi connectivity index (χ3v) is 5.30. The Morgan fingerprint density at radius 1 is 1.23 bits per heavy atom. The lowest BCUT2D eigenvalue weighted by Crippen LogP contribution is -2.20. The second-order valence-corrected chi connectivity index (χ2v) is 7.19. The van der Waals surface area contributed by atoms with E-state index in [2.05, 4.69) is 27.9 Å². The number of carboxylic acid groups (broad SMARTS) is 1. The minimum absolute atomic E-state index is 0. The zero-order valence-electron chi connectivity index (χ0n) is 17.4.